The molecule has 0 aliphatic rings. The highest BCUT2D eigenvalue weighted by atomic mass is 32.2. The van der Waals surface area contributed by atoms with E-state index in [-0.39, 0.29) is 17.0 Å². The van der Waals surface area contributed by atoms with Crippen LogP contribution in [0.1, 0.15) is 22.5 Å². The van der Waals surface area contributed by atoms with Gasteiger partial charge in [-0.1, -0.05) is 12.1 Å². The van der Waals surface area contributed by atoms with Gasteiger partial charge in [0.1, 0.15) is 6.07 Å². The Bertz CT molecular complexity index is 816. The van der Waals surface area contributed by atoms with Crippen LogP contribution in [0.2, 0.25) is 0 Å². The van der Waals surface area contributed by atoms with Crippen LogP contribution < -0.4 is 4.72 Å². The van der Waals surface area contributed by atoms with Crippen molar-refractivity contribution >= 4 is 10.0 Å². The van der Waals surface area contributed by atoms with E-state index in [4.69, 9.17) is 5.26 Å². The molecule has 0 amide bonds. The number of benzene rings is 1. The molecule has 7 heteroatoms. The molecule has 0 atom stereocenters. The van der Waals surface area contributed by atoms with E-state index >= 15 is 0 Å². The maximum atomic E-state index is 12.3. The van der Waals surface area contributed by atoms with Gasteiger partial charge >= 0.3 is 0 Å². The van der Waals surface area contributed by atoms with Crippen molar-refractivity contribution in [3.05, 3.63) is 46.8 Å². The molecule has 2 rings (SSSR count). The van der Waals surface area contributed by atoms with Gasteiger partial charge in [0, 0.05) is 24.8 Å². The van der Waals surface area contributed by atoms with Gasteiger partial charge in [0.25, 0.3) is 0 Å². The van der Waals surface area contributed by atoms with Gasteiger partial charge in [-0.3, -0.25) is 4.68 Å². The maximum Gasteiger partial charge on any atom is 0.242 e. The molecule has 0 fully saturated rings. The van der Waals surface area contributed by atoms with Gasteiger partial charge in [-0.05, 0) is 26.0 Å². The summed E-state index contributed by atoms with van der Waals surface area (Å²) in [5.41, 5.74) is 2.66. The smallest absolute Gasteiger partial charge is 0.242 e. The molecule has 1 aromatic carbocycles. The minimum Gasteiger partial charge on any atom is -0.272 e. The van der Waals surface area contributed by atoms with Crippen LogP contribution in [0.3, 0.4) is 0 Å². The average molecular weight is 304 g/mol. The van der Waals surface area contributed by atoms with Crippen molar-refractivity contribution in [2.75, 3.05) is 0 Å². The third-order valence-electron chi connectivity index (χ3n) is 3.39. The Morgan fingerprint density at radius 1 is 1.33 bits per heavy atom. The van der Waals surface area contributed by atoms with Gasteiger partial charge in [0.2, 0.25) is 10.0 Å². The summed E-state index contributed by atoms with van der Waals surface area (Å²) in [4.78, 5) is -0.00769. The number of nitrogens with one attached hydrogen (secondary N) is 1. The van der Waals surface area contributed by atoms with Crippen LogP contribution in [0.5, 0.6) is 0 Å². The average Bonchev–Trinajstić information content (AvgIpc) is 2.70. The van der Waals surface area contributed by atoms with Crippen molar-refractivity contribution < 1.29 is 8.42 Å². The minimum absolute atomic E-state index is 0.00769. The first kappa shape index (κ1) is 15.2. The Balaban J connectivity index is 2.29. The standard InChI is InChI=1S/C14H16N4O2S/c1-10-13(11(2)18(3)17-10)9-16-21(19,20)14-7-5-4-6-12(14)8-15/h4-7,16H,9H2,1-3H3. The Hall–Kier alpha value is -2.17. The molecule has 0 bridgehead atoms. The van der Waals surface area contributed by atoms with Gasteiger partial charge in [0.15, 0.2) is 0 Å². The summed E-state index contributed by atoms with van der Waals surface area (Å²) in [6, 6.07) is 8.02. The Kier molecular flexibility index (Phi) is 4.11. The van der Waals surface area contributed by atoms with Crippen LogP contribution in [-0.2, 0) is 23.6 Å². The van der Waals surface area contributed by atoms with Crippen LogP contribution in [0, 0.1) is 25.2 Å². The second-order valence-corrected chi connectivity index (χ2v) is 6.44. The first-order chi connectivity index (χ1) is 9.86. The SMILES string of the molecule is Cc1nn(C)c(C)c1CNS(=O)(=O)c1ccccc1C#N. The third kappa shape index (κ3) is 2.96. The summed E-state index contributed by atoms with van der Waals surface area (Å²) >= 11 is 0. The molecule has 0 unspecified atom stereocenters. The molecule has 0 radical (unpaired) electrons. The number of nitriles is 1. The van der Waals surface area contributed by atoms with E-state index in [0.29, 0.717) is 0 Å². The molecular weight excluding hydrogens is 288 g/mol. The molecule has 1 N–H and O–H groups in total. The van der Waals surface area contributed by atoms with E-state index in [9.17, 15) is 8.42 Å². The van der Waals surface area contributed by atoms with E-state index in [1.54, 1.807) is 16.8 Å². The van der Waals surface area contributed by atoms with Crippen molar-refractivity contribution in [2.45, 2.75) is 25.3 Å². The molecule has 1 aromatic heterocycles. The summed E-state index contributed by atoms with van der Waals surface area (Å²) in [5, 5.41) is 13.3. The Labute approximate surface area is 124 Å². The summed E-state index contributed by atoms with van der Waals surface area (Å²) in [6.07, 6.45) is 0. The number of aryl methyl sites for hydroxylation is 2. The van der Waals surface area contributed by atoms with Gasteiger partial charge < -0.3 is 0 Å². The van der Waals surface area contributed by atoms with Crippen LogP contribution in [-0.4, -0.2) is 18.2 Å². The second-order valence-electron chi connectivity index (χ2n) is 4.71. The number of rotatable bonds is 4. The fourth-order valence-corrected chi connectivity index (χ4v) is 3.26. The summed E-state index contributed by atoms with van der Waals surface area (Å²) in [7, 11) is -1.92. The predicted molar refractivity (Wildman–Crippen MR) is 77.9 cm³/mol. The molecule has 110 valence electrons. The van der Waals surface area contributed by atoms with Crippen molar-refractivity contribution in [3.63, 3.8) is 0 Å². The van der Waals surface area contributed by atoms with Crippen molar-refractivity contribution in [1.82, 2.24) is 14.5 Å². The lowest BCUT2D eigenvalue weighted by Gasteiger charge is -2.08. The van der Waals surface area contributed by atoms with Crippen molar-refractivity contribution in [3.8, 4) is 6.07 Å². The van der Waals surface area contributed by atoms with Crippen molar-refractivity contribution in [1.29, 1.82) is 5.26 Å². The molecule has 0 saturated carbocycles. The second kappa shape index (κ2) is 5.68. The molecule has 0 saturated heterocycles. The normalized spacial score (nSPS) is 11.3. The molecule has 1 heterocycles. The van der Waals surface area contributed by atoms with Gasteiger partial charge in [-0.25, -0.2) is 13.1 Å². The highest BCUT2D eigenvalue weighted by Crippen LogP contribution is 2.16. The molecule has 0 aliphatic carbocycles. The minimum atomic E-state index is -3.74. The van der Waals surface area contributed by atoms with Crippen LogP contribution >= 0.6 is 0 Å². The lowest BCUT2D eigenvalue weighted by molar-refractivity contribution is 0.580. The first-order valence-electron chi connectivity index (χ1n) is 6.34. The number of hydrogen-bond donors (Lipinski definition) is 1. The van der Waals surface area contributed by atoms with Gasteiger partial charge in [-0.2, -0.15) is 10.4 Å². The summed E-state index contributed by atoms with van der Waals surface area (Å²) < 4.78 is 28.9. The fraction of sp³-hybridized carbons (Fsp3) is 0.286. The number of nitrogens with zero attached hydrogens (tertiary/aromatic N) is 3. The Morgan fingerprint density at radius 3 is 2.57 bits per heavy atom. The monoisotopic (exact) mass is 304 g/mol. The first-order valence-corrected chi connectivity index (χ1v) is 7.83. The number of hydrogen-bond acceptors (Lipinski definition) is 4. The molecule has 21 heavy (non-hydrogen) atoms. The van der Waals surface area contributed by atoms with E-state index in [2.05, 4.69) is 9.82 Å². The molecule has 2 aromatic rings. The van der Waals surface area contributed by atoms with E-state index in [0.717, 1.165) is 17.0 Å². The Morgan fingerprint density at radius 2 is 2.00 bits per heavy atom. The molecular formula is C14H16N4O2S. The maximum absolute atomic E-state index is 12.3. The quantitative estimate of drug-likeness (QED) is 0.924. The zero-order valence-corrected chi connectivity index (χ0v) is 12.9. The van der Waals surface area contributed by atoms with Crippen LogP contribution in [0.25, 0.3) is 0 Å². The lowest BCUT2D eigenvalue weighted by Crippen LogP contribution is -2.24. The van der Waals surface area contributed by atoms with Gasteiger partial charge in [-0.15, -0.1) is 0 Å². The summed E-state index contributed by atoms with van der Waals surface area (Å²) in [6.45, 7) is 3.86. The molecule has 0 aliphatic heterocycles. The highest BCUT2D eigenvalue weighted by Gasteiger charge is 2.19. The fourth-order valence-electron chi connectivity index (χ4n) is 2.11. The van der Waals surface area contributed by atoms with E-state index in [1.807, 2.05) is 27.0 Å². The summed E-state index contributed by atoms with van der Waals surface area (Å²) in [5.74, 6) is 0. The van der Waals surface area contributed by atoms with Crippen molar-refractivity contribution in [2.24, 2.45) is 7.05 Å². The van der Waals surface area contributed by atoms with E-state index < -0.39 is 10.0 Å². The zero-order valence-electron chi connectivity index (χ0n) is 12.1. The van der Waals surface area contributed by atoms with Crippen LogP contribution in [0.4, 0.5) is 0 Å². The predicted octanol–water partition coefficient (Wildman–Crippen LogP) is 1.39. The van der Waals surface area contributed by atoms with Crippen LogP contribution in [0.15, 0.2) is 29.2 Å². The zero-order chi connectivity index (χ0) is 15.6. The molecule has 0 spiro atoms. The number of sulfonamides is 1. The number of aromatic nitrogens is 2. The highest BCUT2D eigenvalue weighted by molar-refractivity contribution is 7.89. The lowest BCUT2D eigenvalue weighted by atomic mass is 10.2. The molecule has 6 nitrogen and oxygen atoms in total. The van der Waals surface area contributed by atoms with E-state index in [1.165, 1.54) is 12.1 Å². The van der Waals surface area contributed by atoms with Gasteiger partial charge in [0.05, 0.1) is 16.2 Å². The largest absolute Gasteiger partial charge is 0.272 e. The third-order valence-corrected chi connectivity index (χ3v) is 4.85. The topological polar surface area (TPSA) is 87.8 Å².